The third-order valence-corrected chi connectivity index (χ3v) is 5.74. The van der Waals surface area contributed by atoms with Crippen molar-refractivity contribution >= 4 is 34.1 Å². The van der Waals surface area contributed by atoms with Gasteiger partial charge in [-0.1, -0.05) is 54.6 Å². The average molecular weight is 455 g/mol. The van der Waals surface area contributed by atoms with Crippen molar-refractivity contribution in [2.24, 2.45) is 0 Å². The number of ether oxygens (including phenoxy) is 1. The van der Waals surface area contributed by atoms with Crippen LogP contribution >= 0.6 is 0 Å². The van der Waals surface area contributed by atoms with E-state index in [9.17, 15) is 14.0 Å². The van der Waals surface area contributed by atoms with Gasteiger partial charge in [0.15, 0.2) is 6.10 Å². The van der Waals surface area contributed by atoms with E-state index in [-0.39, 0.29) is 12.5 Å². The van der Waals surface area contributed by atoms with Crippen LogP contribution in [0.3, 0.4) is 0 Å². The molecule has 1 aliphatic rings. The minimum Gasteiger partial charge on any atom is -0.477 e. The van der Waals surface area contributed by atoms with Crippen LogP contribution in [0.1, 0.15) is 5.56 Å². The number of rotatable bonds is 4. The fraction of sp³-hybridized carbons (Fsp3) is 0.111. The van der Waals surface area contributed by atoms with Gasteiger partial charge < -0.3 is 15.4 Å². The molecule has 0 aromatic heterocycles. The Labute approximate surface area is 196 Å². The van der Waals surface area contributed by atoms with Crippen molar-refractivity contribution in [3.63, 3.8) is 0 Å². The maximum atomic E-state index is 13.2. The summed E-state index contributed by atoms with van der Waals surface area (Å²) in [7, 11) is 0. The van der Waals surface area contributed by atoms with Gasteiger partial charge in [0.2, 0.25) is 0 Å². The van der Waals surface area contributed by atoms with Gasteiger partial charge in [0.1, 0.15) is 11.6 Å². The van der Waals surface area contributed by atoms with Crippen molar-refractivity contribution in [3.8, 4) is 5.75 Å². The van der Waals surface area contributed by atoms with Gasteiger partial charge in [0, 0.05) is 12.2 Å². The van der Waals surface area contributed by atoms with Crippen LogP contribution in [-0.4, -0.2) is 24.6 Å². The van der Waals surface area contributed by atoms with Crippen LogP contribution in [0.4, 0.5) is 20.6 Å². The zero-order valence-electron chi connectivity index (χ0n) is 18.2. The summed E-state index contributed by atoms with van der Waals surface area (Å²) < 4.78 is 19.1. The number of nitrogens with one attached hydrogen (secondary N) is 2. The molecule has 2 N–H and O–H groups in total. The van der Waals surface area contributed by atoms with E-state index in [2.05, 4.69) is 10.6 Å². The molecule has 170 valence electrons. The summed E-state index contributed by atoms with van der Waals surface area (Å²) in [6.07, 6.45) is -0.885. The third-order valence-electron chi connectivity index (χ3n) is 5.74. The molecule has 0 saturated heterocycles. The lowest BCUT2D eigenvalue weighted by atomic mass is 10.0. The lowest BCUT2D eigenvalue weighted by Crippen LogP contribution is -2.51. The number of para-hydroxylation sites is 2. The van der Waals surface area contributed by atoms with Crippen LogP contribution in [0.25, 0.3) is 10.8 Å². The molecule has 1 unspecified atom stereocenters. The van der Waals surface area contributed by atoms with Crippen molar-refractivity contribution in [2.45, 2.75) is 12.6 Å². The highest BCUT2D eigenvalue weighted by atomic mass is 19.1. The summed E-state index contributed by atoms with van der Waals surface area (Å²) in [5.74, 6) is -0.270. The Bertz CT molecular complexity index is 1350. The smallest absolute Gasteiger partial charge is 0.326 e. The van der Waals surface area contributed by atoms with Gasteiger partial charge in [-0.15, -0.1) is 0 Å². The molecule has 5 rings (SSSR count). The Hall–Kier alpha value is -4.39. The maximum Gasteiger partial charge on any atom is 0.326 e. The standard InChI is InChI=1S/C27H22FN3O3/c28-20-12-14-21(15-13-20)30-27(33)31-17-25(34-24-11-4-3-10-23(24)31)26(32)29-16-19-8-5-7-18-6-1-2-9-22(18)19/h1-15,25H,16-17H2,(H,29,32)(H,30,33). The SMILES string of the molecule is O=C(NCc1cccc2ccccc12)C1CN(C(=O)Nc2ccc(F)cc2)c2ccccc2O1. The number of hydrogen-bond acceptors (Lipinski definition) is 3. The number of fused-ring (bicyclic) bond motifs is 2. The molecule has 4 aromatic carbocycles. The summed E-state index contributed by atoms with van der Waals surface area (Å²) in [4.78, 5) is 27.6. The van der Waals surface area contributed by atoms with E-state index in [1.54, 1.807) is 24.3 Å². The van der Waals surface area contributed by atoms with Gasteiger partial charge in [0.25, 0.3) is 5.91 Å². The highest BCUT2D eigenvalue weighted by molar-refractivity contribution is 6.04. The molecule has 0 aliphatic carbocycles. The van der Waals surface area contributed by atoms with Crippen LogP contribution in [0.2, 0.25) is 0 Å². The summed E-state index contributed by atoms with van der Waals surface area (Å²) >= 11 is 0. The maximum absolute atomic E-state index is 13.2. The molecule has 1 atom stereocenters. The van der Waals surface area contributed by atoms with E-state index in [1.165, 1.54) is 29.2 Å². The fourth-order valence-corrected chi connectivity index (χ4v) is 4.03. The van der Waals surface area contributed by atoms with Crippen LogP contribution in [0.5, 0.6) is 5.75 Å². The highest BCUT2D eigenvalue weighted by Gasteiger charge is 2.33. The number of carbonyl (C=O) groups excluding carboxylic acids is 2. The van der Waals surface area contributed by atoms with Gasteiger partial charge in [0.05, 0.1) is 12.2 Å². The van der Waals surface area contributed by atoms with Crippen LogP contribution in [0, 0.1) is 5.82 Å². The largest absolute Gasteiger partial charge is 0.477 e. The number of hydrogen-bond donors (Lipinski definition) is 2. The number of nitrogens with zero attached hydrogens (tertiary/aromatic N) is 1. The van der Waals surface area contributed by atoms with Crippen molar-refractivity contribution in [3.05, 3.63) is 102 Å². The lowest BCUT2D eigenvalue weighted by molar-refractivity contribution is -0.127. The predicted molar refractivity (Wildman–Crippen MR) is 129 cm³/mol. The number of carbonyl (C=O) groups is 2. The number of halogens is 1. The second kappa shape index (κ2) is 9.23. The summed E-state index contributed by atoms with van der Waals surface area (Å²) in [5, 5.41) is 7.86. The molecule has 0 fully saturated rings. The first-order valence-electron chi connectivity index (χ1n) is 10.9. The Balaban J connectivity index is 1.32. The second-order valence-corrected chi connectivity index (χ2v) is 7.98. The molecule has 4 aromatic rings. The Morgan fingerprint density at radius 2 is 1.65 bits per heavy atom. The van der Waals surface area contributed by atoms with E-state index >= 15 is 0 Å². The monoisotopic (exact) mass is 455 g/mol. The quantitative estimate of drug-likeness (QED) is 0.450. The molecule has 0 saturated carbocycles. The number of urea groups is 1. The molecule has 6 nitrogen and oxygen atoms in total. The Kier molecular flexibility index (Phi) is 5.82. The molecule has 0 bridgehead atoms. The molecular formula is C27H22FN3O3. The van der Waals surface area contributed by atoms with E-state index in [1.807, 2.05) is 42.5 Å². The summed E-state index contributed by atoms with van der Waals surface area (Å²) in [5.41, 5.74) is 2.00. The Morgan fingerprint density at radius 1 is 0.912 bits per heavy atom. The first-order valence-corrected chi connectivity index (χ1v) is 10.9. The normalized spacial score (nSPS) is 14.7. The van der Waals surface area contributed by atoms with Gasteiger partial charge >= 0.3 is 6.03 Å². The van der Waals surface area contributed by atoms with E-state index in [0.29, 0.717) is 23.7 Å². The topological polar surface area (TPSA) is 70.7 Å². The van der Waals surface area contributed by atoms with Crippen LogP contribution < -0.4 is 20.3 Å². The third kappa shape index (κ3) is 4.41. The average Bonchev–Trinajstić information content (AvgIpc) is 2.87. The number of benzene rings is 4. The summed E-state index contributed by atoms with van der Waals surface area (Å²) in [6, 6.07) is 26.1. The van der Waals surface area contributed by atoms with Gasteiger partial charge in [-0.25, -0.2) is 9.18 Å². The minimum atomic E-state index is -0.885. The molecule has 3 amide bonds. The first kappa shape index (κ1) is 21.5. The van der Waals surface area contributed by atoms with Crippen molar-refractivity contribution in [2.75, 3.05) is 16.8 Å². The van der Waals surface area contributed by atoms with Crippen LogP contribution in [-0.2, 0) is 11.3 Å². The fourth-order valence-electron chi connectivity index (χ4n) is 4.03. The molecule has 34 heavy (non-hydrogen) atoms. The summed E-state index contributed by atoms with van der Waals surface area (Å²) in [6.45, 7) is 0.370. The van der Waals surface area contributed by atoms with Gasteiger partial charge in [-0.3, -0.25) is 9.69 Å². The van der Waals surface area contributed by atoms with Crippen molar-refractivity contribution < 1.29 is 18.7 Å². The molecule has 0 radical (unpaired) electrons. The molecule has 7 heteroatoms. The van der Waals surface area contributed by atoms with Crippen molar-refractivity contribution in [1.29, 1.82) is 0 Å². The highest BCUT2D eigenvalue weighted by Crippen LogP contribution is 2.33. The zero-order chi connectivity index (χ0) is 23.5. The van der Waals surface area contributed by atoms with Crippen molar-refractivity contribution in [1.82, 2.24) is 5.32 Å². The lowest BCUT2D eigenvalue weighted by Gasteiger charge is -2.34. The second-order valence-electron chi connectivity index (χ2n) is 7.98. The van der Waals surface area contributed by atoms with E-state index in [0.717, 1.165) is 16.3 Å². The first-order chi connectivity index (χ1) is 16.6. The Morgan fingerprint density at radius 3 is 2.50 bits per heavy atom. The number of anilines is 2. The number of amides is 3. The van der Waals surface area contributed by atoms with E-state index in [4.69, 9.17) is 4.74 Å². The molecule has 1 heterocycles. The molecular weight excluding hydrogens is 433 g/mol. The van der Waals surface area contributed by atoms with Gasteiger partial charge in [-0.2, -0.15) is 0 Å². The minimum absolute atomic E-state index is 0.0331. The zero-order valence-corrected chi connectivity index (χ0v) is 18.2. The predicted octanol–water partition coefficient (Wildman–Crippen LogP) is 5.09. The molecule has 0 spiro atoms. The van der Waals surface area contributed by atoms with Crippen LogP contribution in [0.15, 0.2) is 91.0 Å². The van der Waals surface area contributed by atoms with Gasteiger partial charge in [-0.05, 0) is 52.7 Å². The molecule has 1 aliphatic heterocycles. The van der Waals surface area contributed by atoms with E-state index < -0.39 is 18.0 Å².